The lowest BCUT2D eigenvalue weighted by molar-refractivity contribution is -0.119. The van der Waals surface area contributed by atoms with E-state index in [1.807, 2.05) is 42.3 Å². The number of likely N-dealkylation sites (N-methyl/N-ethyl adjacent to an activating group) is 2. The normalized spacial score (nSPS) is 16.6. The van der Waals surface area contributed by atoms with Crippen molar-refractivity contribution in [3.63, 3.8) is 0 Å². The fourth-order valence-electron chi connectivity index (χ4n) is 3.65. The van der Waals surface area contributed by atoms with Crippen molar-refractivity contribution in [1.82, 2.24) is 14.5 Å². The standard InChI is InChI=1S/C21H29N5O4/c1-24(13-16-10-6-7-11-30-16)14-17(27)25(2)18-19(22)26(21(29)23-20(18)28)12-15-8-4-3-5-9-15/h3-5,8-9,16H,6-7,10-14,22H2,1-2H3,(H,23,28,29)/t16-/m1/s1. The first-order valence-corrected chi connectivity index (χ1v) is 10.1. The van der Waals surface area contributed by atoms with E-state index in [0.717, 1.165) is 31.4 Å². The van der Waals surface area contributed by atoms with Crippen LogP contribution in [-0.4, -0.2) is 60.3 Å². The van der Waals surface area contributed by atoms with Crippen LogP contribution in [0.2, 0.25) is 0 Å². The first kappa shape index (κ1) is 21.8. The minimum absolute atomic E-state index is 0.0298. The molecule has 1 aliphatic rings. The van der Waals surface area contributed by atoms with Gasteiger partial charge >= 0.3 is 5.69 Å². The number of ether oxygens (including phenoxy) is 1. The Bertz CT molecular complexity index is 979. The summed E-state index contributed by atoms with van der Waals surface area (Å²) in [6, 6.07) is 9.28. The number of nitrogens with two attached hydrogens (primary N) is 1. The molecule has 1 aromatic carbocycles. The quantitative estimate of drug-likeness (QED) is 0.686. The van der Waals surface area contributed by atoms with Gasteiger partial charge in [0.1, 0.15) is 5.82 Å². The number of hydrogen-bond acceptors (Lipinski definition) is 6. The second-order valence-corrected chi connectivity index (χ2v) is 7.70. The van der Waals surface area contributed by atoms with Crippen LogP contribution in [0.4, 0.5) is 11.5 Å². The second-order valence-electron chi connectivity index (χ2n) is 7.70. The Labute approximate surface area is 175 Å². The Balaban J connectivity index is 1.76. The zero-order valence-corrected chi connectivity index (χ0v) is 17.5. The minimum atomic E-state index is -0.684. The van der Waals surface area contributed by atoms with Crippen LogP contribution in [0.5, 0.6) is 0 Å². The highest BCUT2D eigenvalue weighted by atomic mass is 16.5. The van der Waals surface area contributed by atoms with Crippen molar-refractivity contribution in [1.29, 1.82) is 0 Å². The summed E-state index contributed by atoms with van der Waals surface area (Å²) in [5.74, 6) is -0.336. The molecule has 1 fully saturated rings. The summed E-state index contributed by atoms with van der Waals surface area (Å²) in [6.45, 7) is 1.68. The van der Waals surface area contributed by atoms with Gasteiger partial charge in [-0.05, 0) is 31.9 Å². The van der Waals surface area contributed by atoms with Gasteiger partial charge in [-0.15, -0.1) is 0 Å². The number of amides is 1. The molecule has 2 aromatic rings. The van der Waals surface area contributed by atoms with Crippen molar-refractivity contribution < 1.29 is 9.53 Å². The first-order valence-electron chi connectivity index (χ1n) is 10.1. The maximum atomic E-state index is 12.8. The van der Waals surface area contributed by atoms with E-state index in [2.05, 4.69) is 4.98 Å². The lowest BCUT2D eigenvalue weighted by Gasteiger charge is -2.28. The maximum Gasteiger partial charge on any atom is 0.330 e. The molecule has 3 rings (SSSR count). The molecule has 1 aromatic heterocycles. The summed E-state index contributed by atoms with van der Waals surface area (Å²) >= 11 is 0. The largest absolute Gasteiger partial charge is 0.383 e. The van der Waals surface area contributed by atoms with Gasteiger partial charge in [0.25, 0.3) is 5.56 Å². The SMILES string of the molecule is CN(CC(=O)N(C)c1c(N)n(Cc2ccccc2)c(=O)[nH]c1=O)C[C@H]1CCCCO1. The molecular weight excluding hydrogens is 386 g/mol. The van der Waals surface area contributed by atoms with Crippen LogP contribution in [0, 0.1) is 0 Å². The Morgan fingerprint density at radius 2 is 1.97 bits per heavy atom. The van der Waals surface area contributed by atoms with Crippen LogP contribution >= 0.6 is 0 Å². The number of aromatic nitrogens is 2. The van der Waals surface area contributed by atoms with Crippen molar-refractivity contribution in [2.45, 2.75) is 31.9 Å². The van der Waals surface area contributed by atoms with Crippen LogP contribution in [0.3, 0.4) is 0 Å². The summed E-state index contributed by atoms with van der Waals surface area (Å²) < 4.78 is 6.98. The Hall–Kier alpha value is -2.91. The van der Waals surface area contributed by atoms with Crippen LogP contribution in [0.15, 0.2) is 39.9 Å². The topological polar surface area (TPSA) is 114 Å². The lowest BCUT2D eigenvalue weighted by atomic mass is 10.1. The smallest absolute Gasteiger partial charge is 0.330 e. The number of nitrogens with zero attached hydrogens (tertiary/aromatic N) is 3. The third-order valence-corrected chi connectivity index (χ3v) is 5.30. The van der Waals surface area contributed by atoms with Crippen LogP contribution < -0.4 is 21.9 Å². The number of H-pyrrole nitrogens is 1. The molecule has 1 atom stereocenters. The molecule has 9 heteroatoms. The van der Waals surface area contributed by atoms with E-state index in [1.54, 1.807) is 0 Å². The molecule has 1 amide bonds. The predicted molar refractivity (Wildman–Crippen MR) is 116 cm³/mol. The molecule has 2 heterocycles. The van der Waals surface area contributed by atoms with Gasteiger partial charge < -0.3 is 15.4 Å². The maximum absolute atomic E-state index is 12.8. The molecule has 162 valence electrons. The van der Waals surface area contributed by atoms with Crippen molar-refractivity contribution in [2.24, 2.45) is 0 Å². The highest BCUT2D eigenvalue weighted by Gasteiger charge is 2.23. The molecule has 0 spiro atoms. The lowest BCUT2D eigenvalue weighted by Crippen LogP contribution is -2.44. The fourth-order valence-corrected chi connectivity index (χ4v) is 3.65. The molecule has 1 saturated heterocycles. The van der Waals surface area contributed by atoms with Gasteiger partial charge in [-0.3, -0.25) is 24.0 Å². The molecule has 9 nitrogen and oxygen atoms in total. The zero-order valence-electron chi connectivity index (χ0n) is 17.5. The van der Waals surface area contributed by atoms with E-state index in [1.165, 1.54) is 16.5 Å². The number of anilines is 2. The zero-order chi connectivity index (χ0) is 21.7. The summed E-state index contributed by atoms with van der Waals surface area (Å²) in [4.78, 5) is 42.9. The molecule has 3 N–H and O–H groups in total. The highest BCUT2D eigenvalue weighted by molar-refractivity contribution is 5.96. The van der Waals surface area contributed by atoms with Crippen LogP contribution in [-0.2, 0) is 16.1 Å². The molecule has 0 unspecified atom stereocenters. The van der Waals surface area contributed by atoms with Gasteiger partial charge in [0.2, 0.25) is 5.91 Å². The van der Waals surface area contributed by atoms with E-state index in [9.17, 15) is 14.4 Å². The number of carbonyl (C=O) groups excluding carboxylic acids is 1. The number of benzene rings is 1. The number of nitrogens with one attached hydrogen (secondary N) is 1. The van der Waals surface area contributed by atoms with Crippen molar-refractivity contribution in [3.05, 3.63) is 56.7 Å². The monoisotopic (exact) mass is 415 g/mol. The molecular formula is C21H29N5O4. The molecule has 0 aliphatic carbocycles. The number of hydrogen-bond donors (Lipinski definition) is 2. The highest BCUT2D eigenvalue weighted by Crippen LogP contribution is 2.17. The third kappa shape index (κ3) is 5.17. The average Bonchev–Trinajstić information content (AvgIpc) is 2.72. The van der Waals surface area contributed by atoms with Crippen LogP contribution in [0.1, 0.15) is 24.8 Å². The molecule has 0 radical (unpaired) electrons. The van der Waals surface area contributed by atoms with Crippen molar-refractivity contribution >= 4 is 17.4 Å². The van der Waals surface area contributed by atoms with E-state index < -0.39 is 11.2 Å². The Morgan fingerprint density at radius 3 is 2.63 bits per heavy atom. The Morgan fingerprint density at radius 1 is 1.23 bits per heavy atom. The summed E-state index contributed by atoms with van der Waals surface area (Å²) in [5.41, 5.74) is 5.69. The number of nitrogen functional groups attached to an aromatic ring is 1. The van der Waals surface area contributed by atoms with Crippen LogP contribution in [0.25, 0.3) is 0 Å². The summed E-state index contributed by atoms with van der Waals surface area (Å²) in [5, 5.41) is 0. The minimum Gasteiger partial charge on any atom is -0.383 e. The second kappa shape index (κ2) is 9.73. The van der Waals surface area contributed by atoms with Crippen molar-refractivity contribution in [3.8, 4) is 0 Å². The average molecular weight is 415 g/mol. The van der Waals surface area contributed by atoms with Gasteiger partial charge in [-0.25, -0.2) is 4.79 Å². The first-order chi connectivity index (χ1) is 14.4. The van der Waals surface area contributed by atoms with E-state index in [0.29, 0.717) is 6.54 Å². The van der Waals surface area contributed by atoms with Gasteiger partial charge in [0.05, 0.1) is 19.2 Å². The van der Waals surface area contributed by atoms with Crippen molar-refractivity contribution in [2.75, 3.05) is 44.4 Å². The van der Waals surface area contributed by atoms with E-state index in [-0.39, 0.29) is 36.6 Å². The number of rotatable bonds is 7. The van der Waals surface area contributed by atoms with E-state index >= 15 is 0 Å². The number of carbonyl (C=O) groups is 1. The van der Waals surface area contributed by atoms with Gasteiger partial charge in [0, 0.05) is 20.2 Å². The Kier molecular flexibility index (Phi) is 7.07. The summed E-state index contributed by atoms with van der Waals surface area (Å²) in [6.07, 6.45) is 3.29. The number of aromatic amines is 1. The van der Waals surface area contributed by atoms with Gasteiger partial charge in [0.15, 0.2) is 5.69 Å². The molecule has 0 saturated carbocycles. The molecule has 30 heavy (non-hydrogen) atoms. The van der Waals surface area contributed by atoms with Gasteiger partial charge in [-0.2, -0.15) is 0 Å². The fraction of sp³-hybridized carbons (Fsp3) is 0.476. The summed E-state index contributed by atoms with van der Waals surface area (Å²) in [7, 11) is 3.33. The van der Waals surface area contributed by atoms with Gasteiger partial charge in [-0.1, -0.05) is 30.3 Å². The predicted octanol–water partition coefficient (Wildman–Crippen LogP) is 0.631. The van der Waals surface area contributed by atoms with E-state index in [4.69, 9.17) is 10.5 Å². The molecule has 1 aliphatic heterocycles. The third-order valence-electron chi connectivity index (χ3n) is 5.30. The molecule has 0 bridgehead atoms.